The monoisotopic (exact) mass is 341 g/mol. The predicted molar refractivity (Wildman–Crippen MR) is 91.7 cm³/mol. The molecule has 1 aromatic rings. The molecule has 1 aromatic carbocycles. The molecule has 0 N–H and O–H groups in total. The second-order valence-corrected chi connectivity index (χ2v) is 6.17. The number of carbonyl (C=O) groups excluding carboxylic acids is 1. The third kappa shape index (κ3) is 4.32. The van der Waals surface area contributed by atoms with Crippen molar-refractivity contribution in [2.75, 3.05) is 32.8 Å². The maximum absolute atomic E-state index is 12.5. The molecule has 3 rings (SSSR count). The standard InChI is InChI=1S/C17H20ClNO2.ClH/c18-16-5-1-13(2-6-16)11-14-3-4-15(17(14)20)12-19-7-9-21-10-8-19;/h1-2,5-6,11,15H,3-4,7-10,12H2;1H/b14-11-;. The molecule has 1 unspecified atom stereocenters. The van der Waals surface area contributed by atoms with Crippen LogP contribution in [0.1, 0.15) is 18.4 Å². The summed E-state index contributed by atoms with van der Waals surface area (Å²) in [5.41, 5.74) is 2.00. The number of allylic oxidation sites excluding steroid dienone is 1. The van der Waals surface area contributed by atoms with E-state index in [4.69, 9.17) is 16.3 Å². The first kappa shape index (κ1) is 17.5. The highest BCUT2D eigenvalue weighted by atomic mass is 35.5. The van der Waals surface area contributed by atoms with Gasteiger partial charge in [-0.1, -0.05) is 23.7 Å². The van der Waals surface area contributed by atoms with Gasteiger partial charge in [-0.25, -0.2) is 0 Å². The van der Waals surface area contributed by atoms with Crippen LogP contribution in [0.15, 0.2) is 29.8 Å². The van der Waals surface area contributed by atoms with Gasteiger partial charge in [0.1, 0.15) is 0 Å². The summed E-state index contributed by atoms with van der Waals surface area (Å²) < 4.78 is 5.35. The number of Topliss-reactive ketones (excluding diaryl/α,β-unsaturated/α-hetero) is 1. The molecule has 2 aliphatic rings. The van der Waals surface area contributed by atoms with E-state index in [9.17, 15) is 4.79 Å². The topological polar surface area (TPSA) is 29.5 Å². The molecule has 0 radical (unpaired) electrons. The Bertz CT molecular complexity index is 536. The number of morpholine rings is 1. The van der Waals surface area contributed by atoms with E-state index < -0.39 is 0 Å². The molecule has 1 atom stereocenters. The quantitative estimate of drug-likeness (QED) is 0.788. The second-order valence-electron chi connectivity index (χ2n) is 5.73. The molecule has 2 fully saturated rings. The van der Waals surface area contributed by atoms with Crippen LogP contribution in [-0.2, 0) is 9.53 Å². The van der Waals surface area contributed by atoms with E-state index in [1.165, 1.54) is 0 Å². The zero-order valence-electron chi connectivity index (χ0n) is 12.5. The third-order valence-electron chi connectivity index (χ3n) is 4.24. The van der Waals surface area contributed by atoms with Crippen molar-refractivity contribution < 1.29 is 9.53 Å². The molecule has 22 heavy (non-hydrogen) atoms. The van der Waals surface area contributed by atoms with E-state index in [0.29, 0.717) is 5.78 Å². The highest BCUT2D eigenvalue weighted by molar-refractivity contribution is 6.30. The average molecular weight is 342 g/mol. The molecule has 1 saturated heterocycles. The summed E-state index contributed by atoms with van der Waals surface area (Å²) in [6.07, 6.45) is 3.87. The number of hydrogen-bond acceptors (Lipinski definition) is 3. The zero-order valence-corrected chi connectivity index (χ0v) is 14.0. The number of rotatable bonds is 3. The summed E-state index contributed by atoms with van der Waals surface area (Å²) in [6, 6.07) is 7.63. The molecule has 1 heterocycles. The molecule has 1 aliphatic carbocycles. The van der Waals surface area contributed by atoms with Crippen LogP contribution in [0.3, 0.4) is 0 Å². The SMILES string of the molecule is Cl.O=C1/C(=C\c2ccc(Cl)cc2)CCC1CN1CCOCC1. The maximum atomic E-state index is 12.5. The molecule has 0 spiro atoms. The molecule has 1 aliphatic heterocycles. The Kier molecular flexibility index (Phi) is 6.45. The molecule has 120 valence electrons. The van der Waals surface area contributed by atoms with Crippen molar-refractivity contribution in [3.63, 3.8) is 0 Å². The number of benzene rings is 1. The summed E-state index contributed by atoms with van der Waals surface area (Å²) in [6.45, 7) is 4.34. The number of ether oxygens (including phenoxy) is 1. The van der Waals surface area contributed by atoms with Crippen molar-refractivity contribution in [1.29, 1.82) is 0 Å². The summed E-state index contributed by atoms with van der Waals surface area (Å²) in [5.74, 6) is 0.470. The second kappa shape index (κ2) is 8.11. The van der Waals surface area contributed by atoms with Gasteiger partial charge in [0.05, 0.1) is 13.2 Å². The lowest BCUT2D eigenvalue weighted by atomic mass is 10.0. The normalized spacial score (nSPS) is 24.5. The number of ketones is 1. The highest BCUT2D eigenvalue weighted by Gasteiger charge is 2.30. The van der Waals surface area contributed by atoms with E-state index in [1.54, 1.807) is 0 Å². The van der Waals surface area contributed by atoms with Crippen molar-refractivity contribution >= 4 is 35.9 Å². The van der Waals surface area contributed by atoms with Crippen molar-refractivity contribution in [3.05, 3.63) is 40.4 Å². The lowest BCUT2D eigenvalue weighted by Crippen LogP contribution is -2.40. The van der Waals surface area contributed by atoms with Crippen LogP contribution in [0.2, 0.25) is 5.02 Å². The zero-order chi connectivity index (χ0) is 14.7. The van der Waals surface area contributed by atoms with E-state index in [1.807, 2.05) is 30.3 Å². The van der Waals surface area contributed by atoms with Gasteiger partial charge in [0.25, 0.3) is 0 Å². The first-order valence-corrected chi connectivity index (χ1v) is 7.90. The molecular formula is C17H21Cl2NO2. The number of halogens is 2. The molecule has 0 amide bonds. The van der Waals surface area contributed by atoms with Crippen LogP contribution >= 0.6 is 24.0 Å². The molecule has 0 bridgehead atoms. The van der Waals surface area contributed by atoms with E-state index in [2.05, 4.69) is 4.90 Å². The van der Waals surface area contributed by atoms with Crippen LogP contribution in [0.5, 0.6) is 0 Å². The van der Waals surface area contributed by atoms with Crippen LogP contribution in [-0.4, -0.2) is 43.5 Å². The minimum Gasteiger partial charge on any atom is -0.379 e. The van der Waals surface area contributed by atoms with Crippen molar-refractivity contribution in [3.8, 4) is 0 Å². The van der Waals surface area contributed by atoms with Gasteiger partial charge in [-0.05, 0) is 42.2 Å². The van der Waals surface area contributed by atoms with Crippen LogP contribution in [0.4, 0.5) is 0 Å². The lowest BCUT2D eigenvalue weighted by Gasteiger charge is -2.28. The van der Waals surface area contributed by atoms with Gasteiger partial charge in [0.2, 0.25) is 0 Å². The average Bonchev–Trinajstić information content (AvgIpc) is 2.84. The molecular weight excluding hydrogens is 321 g/mol. The first-order valence-electron chi connectivity index (χ1n) is 7.53. The Balaban J connectivity index is 0.00000176. The number of carbonyl (C=O) groups is 1. The number of nitrogens with zero attached hydrogens (tertiary/aromatic N) is 1. The predicted octanol–water partition coefficient (Wildman–Crippen LogP) is 3.46. The lowest BCUT2D eigenvalue weighted by molar-refractivity contribution is -0.118. The smallest absolute Gasteiger partial charge is 0.163 e. The Morgan fingerprint density at radius 3 is 2.59 bits per heavy atom. The Morgan fingerprint density at radius 1 is 1.23 bits per heavy atom. The molecule has 0 aromatic heterocycles. The van der Waals surface area contributed by atoms with Gasteiger partial charge in [0, 0.05) is 30.6 Å². The van der Waals surface area contributed by atoms with Crippen LogP contribution in [0, 0.1) is 5.92 Å². The largest absolute Gasteiger partial charge is 0.379 e. The molecule has 1 saturated carbocycles. The first-order chi connectivity index (χ1) is 10.2. The van der Waals surface area contributed by atoms with E-state index in [-0.39, 0.29) is 18.3 Å². The van der Waals surface area contributed by atoms with Gasteiger partial charge in [0.15, 0.2) is 5.78 Å². The fourth-order valence-corrected chi connectivity index (χ4v) is 3.15. The summed E-state index contributed by atoms with van der Waals surface area (Å²) >= 11 is 5.89. The van der Waals surface area contributed by atoms with Gasteiger partial charge in [-0.3, -0.25) is 9.69 Å². The Hall–Kier alpha value is -0.870. The summed E-state index contributed by atoms with van der Waals surface area (Å²) in [4.78, 5) is 14.8. The number of hydrogen-bond donors (Lipinski definition) is 0. The Labute approximate surface area is 142 Å². The van der Waals surface area contributed by atoms with E-state index in [0.717, 1.165) is 61.8 Å². The Morgan fingerprint density at radius 2 is 1.91 bits per heavy atom. The fourth-order valence-electron chi connectivity index (χ4n) is 3.02. The molecule has 5 heteroatoms. The minimum atomic E-state index is 0. The van der Waals surface area contributed by atoms with Gasteiger partial charge >= 0.3 is 0 Å². The van der Waals surface area contributed by atoms with Gasteiger partial charge in [-0.2, -0.15) is 0 Å². The van der Waals surface area contributed by atoms with Crippen molar-refractivity contribution in [1.82, 2.24) is 4.90 Å². The van der Waals surface area contributed by atoms with Crippen molar-refractivity contribution in [2.24, 2.45) is 5.92 Å². The molecule has 3 nitrogen and oxygen atoms in total. The van der Waals surface area contributed by atoms with E-state index >= 15 is 0 Å². The van der Waals surface area contributed by atoms with Crippen LogP contribution in [0.25, 0.3) is 6.08 Å². The summed E-state index contributed by atoms with van der Waals surface area (Å²) in [5, 5.41) is 0.722. The fraction of sp³-hybridized carbons (Fsp3) is 0.471. The third-order valence-corrected chi connectivity index (χ3v) is 4.49. The highest BCUT2D eigenvalue weighted by Crippen LogP contribution is 2.29. The minimum absolute atomic E-state index is 0. The summed E-state index contributed by atoms with van der Waals surface area (Å²) in [7, 11) is 0. The van der Waals surface area contributed by atoms with Crippen molar-refractivity contribution in [2.45, 2.75) is 12.8 Å². The van der Waals surface area contributed by atoms with Gasteiger partial charge < -0.3 is 4.74 Å². The van der Waals surface area contributed by atoms with Crippen LogP contribution < -0.4 is 0 Å². The maximum Gasteiger partial charge on any atom is 0.163 e. The van der Waals surface area contributed by atoms with Gasteiger partial charge in [-0.15, -0.1) is 12.4 Å².